The van der Waals surface area contributed by atoms with Gasteiger partial charge in [-0.05, 0) is 28.7 Å². The molecule has 26 heavy (non-hydrogen) atoms. The summed E-state index contributed by atoms with van der Waals surface area (Å²) in [6.07, 6.45) is 0. The van der Waals surface area contributed by atoms with Crippen LogP contribution in [0, 0.1) is 0 Å². The minimum absolute atomic E-state index is 0.00124. The van der Waals surface area contributed by atoms with Gasteiger partial charge in [0.25, 0.3) is 5.91 Å². The van der Waals surface area contributed by atoms with Crippen molar-refractivity contribution in [2.24, 2.45) is 0 Å². The molecule has 0 saturated carbocycles. The van der Waals surface area contributed by atoms with Crippen molar-refractivity contribution in [3.63, 3.8) is 0 Å². The van der Waals surface area contributed by atoms with Gasteiger partial charge in [-0.1, -0.05) is 63.2 Å². The molecule has 0 aromatic heterocycles. The van der Waals surface area contributed by atoms with Crippen molar-refractivity contribution in [2.75, 3.05) is 5.75 Å². The number of thioether (sulfide) groups is 1. The Morgan fingerprint density at radius 1 is 1.04 bits per heavy atom. The molecule has 0 radical (unpaired) electrons. The number of carboxylic acids is 1. The number of hydrogen-bond acceptors (Lipinski definition) is 3. The molecule has 2 aromatic carbocycles. The molecule has 1 fully saturated rings. The molecule has 2 aromatic rings. The molecular formula is C21H23NO3S. The van der Waals surface area contributed by atoms with Gasteiger partial charge in [-0.2, -0.15) is 0 Å². The normalized spacial score (nSPS) is 20.2. The maximum atomic E-state index is 13.2. The first kappa shape index (κ1) is 18.5. The van der Waals surface area contributed by atoms with Gasteiger partial charge in [-0.3, -0.25) is 4.79 Å². The first-order chi connectivity index (χ1) is 12.3. The first-order valence-corrected chi connectivity index (χ1v) is 9.66. The molecule has 1 aliphatic rings. The highest BCUT2D eigenvalue weighted by atomic mass is 32.2. The predicted octanol–water partition coefficient (Wildman–Crippen LogP) is 4.33. The summed E-state index contributed by atoms with van der Waals surface area (Å²) in [5, 5.41) is 9.30. The van der Waals surface area contributed by atoms with E-state index < -0.39 is 12.0 Å². The SMILES string of the molecule is CC(C)(C)c1ccc(C(=O)N2C(C(=O)O)CSC2c2ccccc2)cc1. The molecule has 136 valence electrons. The van der Waals surface area contributed by atoms with E-state index in [9.17, 15) is 14.7 Å². The van der Waals surface area contributed by atoms with Crippen LogP contribution in [-0.2, 0) is 10.2 Å². The van der Waals surface area contributed by atoms with E-state index >= 15 is 0 Å². The minimum Gasteiger partial charge on any atom is -0.480 e. The van der Waals surface area contributed by atoms with Crippen LogP contribution in [0.2, 0.25) is 0 Å². The van der Waals surface area contributed by atoms with E-state index in [2.05, 4.69) is 20.8 Å². The molecule has 3 rings (SSSR count). The maximum absolute atomic E-state index is 13.2. The van der Waals surface area contributed by atoms with Gasteiger partial charge in [0.1, 0.15) is 11.4 Å². The number of hydrogen-bond donors (Lipinski definition) is 1. The summed E-state index contributed by atoms with van der Waals surface area (Å²) < 4.78 is 0. The van der Waals surface area contributed by atoms with Gasteiger partial charge < -0.3 is 10.0 Å². The standard InChI is InChI=1S/C21H23NO3S/c1-21(2,3)16-11-9-14(10-12-16)18(23)22-17(20(24)25)13-26-19(22)15-7-5-4-6-8-15/h4-12,17,19H,13H2,1-3H3,(H,24,25). The molecule has 1 N–H and O–H groups in total. The van der Waals surface area contributed by atoms with Crippen LogP contribution >= 0.6 is 11.8 Å². The lowest BCUT2D eigenvalue weighted by Gasteiger charge is -2.28. The Morgan fingerprint density at radius 3 is 2.19 bits per heavy atom. The highest BCUT2D eigenvalue weighted by molar-refractivity contribution is 7.99. The van der Waals surface area contributed by atoms with Crippen LogP contribution in [0.25, 0.3) is 0 Å². The van der Waals surface area contributed by atoms with Crippen LogP contribution in [0.5, 0.6) is 0 Å². The Labute approximate surface area is 158 Å². The Balaban J connectivity index is 1.94. The Bertz CT molecular complexity index is 796. The van der Waals surface area contributed by atoms with E-state index in [1.807, 2.05) is 42.5 Å². The van der Waals surface area contributed by atoms with E-state index in [0.717, 1.165) is 11.1 Å². The van der Waals surface area contributed by atoms with Crippen LogP contribution in [0.15, 0.2) is 54.6 Å². The molecule has 0 aliphatic carbocycles. The molecule has 0 spiro atoms. The van der Waals surface area contributed by atoms with Crippen molar-refractivity contribution >= 4 is 23.6 Å². The Kier molecular flexibility index (Phi) is 5.10. The summed E-state index contributed by atoms with van der Waals surface area (Å²) in [6.45, 7) is 6.35. The van der Waals surface area contributed by atoms with E-state index in [1.165, 1.54) is 16.7 Å². The fourth-order valence-electron chi connectivity index (χ4n) is 3.08. The van der Waals surface area contributed by atoms with Gasteiger partial charge in [-0.25, -0.2) is 4.79 Å². The molecule has 0 bridgehead atoms. The van der Waals surface area contributed by atoms with Gasteiger partial charge in [0.05, 0.1) is 0 Å². The number of amides is 1. The summed E-state index contributed by atoms with van der Waals surface area (Å²) >= 11 is 1.49. The number of rotatable bonds is 3. The molecule has 1 heterocycles. The van der Waals surface area contributed by atoms with Crippen molar-refractivity contribution in [2.45, 2.75) is 37.6 Å². The monoisotopic (exact) mass is 369 g/mol. The molecule has 5 heteroatoms. The second kappa shape index (κ2) is 7.16. The van der Waals surface area contributed by atoms with Gasteiger partial charge >= 0.3 is 5.97 Å². The highest BCUT2D eigenvalue weighted by Gasteiger charge is 2.42. The number of aliphatic carboxylic acids is 1. The smallest absolute Gasteiger partial charge is 0.327 e. The zero-order valence-corrected chi connectivity index (χ0v) is 16.0. The number of nitrogens with zero attached hydrogens (tertiary/aromatic N) is 1. The van der Waals surface area contributed by atoms with Gasteiger partial charge in [0.15, 0.2) is 0 Å². The lowest BCUT2D eigenvalue weighted by molar-refractivity contribution is -0.141. The zero-order valence-electron chi connectivity index (χ0n) is 15.2. The predicted molar refractivity (Wildman–Crippen MR) is 104 cm³/mol. The summed E-state index contributed by atoms with van der Waals surface area (Å²) in [5.41, 5.74) is 2.61. The van der Waals surface area contributed by atoms with Crippen molar-refractivity contribution in [3.05, 3.63) is 71.3 Å². The fourth-order valence-corrected chi connectivity index (χ4v) is 4.50. The van der Waals surface area contributed by atoms with Crippen LogP contribution < -0.4 is 0 Å². The lowest BCUT2D eigenvalue weighted by Crippen LogP contribution is -2.43. The largest absolute Gasteiger partial charge is 0.480 e. The molecule has 1 aliphatic heterocycles. The topological polar surface area (TPSA) is 57.6 Å². The molecule has 4 nitrogen and oxygen atoms in total. The second-order valence-electron chi connectivity index (χ2n) is 7.49. The van der Waals surface area contributed by atoms with Crippen LogP contribution in [0.1, 0.15) is 47.6 Å². The highest BCUT2D eigenvalue weighted by Crippen LogP contribution is 2.42. The van der Waals surface area contributed by atoms with Crippen molar-refractivity contribution < 1.29 is 14.7 Å². The number of carbonyl (C=O) groups is 2. The first-order valence-electron chi connectivity index (χ1n) is 8.61. The van der Waals surface area contributed by atoms with E-state index in [1.54, 1.807) is 12.1 Å². The number of carbonyl (C=O) groups excluding carboxylic acids is 1. The molecule has 1 saturated heterocycles. The average Bonchev–Trinajstić information content (AvgIpc) is 3.06. The third-order valence-electron chi connectivity index (χ3n) is 4.60. The lowest BCUT2D eigenvalue weighted by atomic mass is 9.86. The van der Waals surface area contributed by atoms with Gasteiger partial charge in [-0.15, -0.1) is 11.8 Å². The molecule has 2 unspecified atom stereocenters. The molecule has 2 atom stereocenters. The summed E-state index contributed by atoms with van der Waals surface area (Å²) in [7, 11) is 0. The van der Waals surface area contributed by atoms with Gasteiger partial charge in [0, 0.05) is 11.3 Å². The van der Waals surface area contributed by atoms with Crippen LogP contribution in [0.3, 0.4) is 0 Å². The zero-order chi connectivity index (χ0) is 18.9. The Hall–Kier alpha value is -2.27. The fraction of sp³-hybridized carbons (Fsp3) is 0.333. The van der Waals surface area contributed by atoms with Gasteiger partial charge in [0.2, 0.25) is 0 Å². The van der Waals surface area contributed by atoms with Crippen molar-refractivity contribution in [1.82, 2.24) is 4.90 Å². The van der Waals surface area contributed by atoms with E-state index in [0.29, 0.717) is 11.3 Å². The summed E-state index contributed by atoms with van der Waals surface area (Å²) in [4.78, 5) is 26.4. The number of carboxylic acid groups (broad SMARTS) is 1. The quantitative estimate of drug-likeness (QED) is 0.875. The average molecular weight is 369 g/mol. The third kappa shape index (κ3) is 3.63. The second-order valence-corrected chi connectivity index (χ2v) is 8.60. The van der Waals surface area contributed by atoms with Crippen molar-refractivity contribution in [3.8, 4) is 0 Å². The third-order valence-corrected chi connectivity index (χ3v) is 5.93. The molecule has 1 amide bonds. The number of benzene rings is 2. The van der Waals surface area contributed by atoms with E-state index in [4.69, 9.17) is 0 Å². The minimum atomic E-state index is -0.962. The van der Waals surface area contributed by atoms with Crippen LogP contribution in [0.4, 0.5) is 0 Å². The van der Waals surface area contributed by atoms with Crippen molar-refractivity contribution in [1.29, 1.82) is 0 Å². The molecular weight excluding hydrogens is 346 g/mol. The summed E-state index contributed by atoms with van der Waals surface area (Å²) in [5.74, 6) is -0.812. The van der Waals surface area contributed by atoms with E-state index in [-0.39, 0.29) is 16.7 Å². The summed E-state index contributed by atoms with van der Waals surface area (Å²) in [6, 6.07) is 16.3. The Morgan fingerprint density at radius 2 is 1.65 bits per heavy atom. The maximum Gasteiger partial charge on any atom is 0.327 e. The van der Waals surface area contributed by atoms with Crippen LogP contribution in [-0.4, -0.2) is 33.7 Å².